The molecule has 0 bridgehead atoms. The number of para-hydroxylation sites is 3. The Bertz CT molecular complexity index is 1600. The zero-order chi connectivity index (χ0) is 27.7. The Morgan fingerprint density at radius 3 is 2.38 bits per heavy atom. The number of nitrogens with two attached hydrogens (primary N) is 1. The van der Waals surface area contributed by atoms with Gasteiger partial charge in [-0.05, 0) is 48.0 Å². The van der Waals surface area contributed by atoms with Crippen molar-refractivity contribution in [1.82, 2.24) is 10.6 Å². The van der Waals surface area contributed by atoms with E-state index in [1.165, 1.54) is 5.56 Å². The van der Waals surface area contributed by atoms with Crippen molar-refractivity contribution >= 4 is 34.2 Å². The molecule has 0 atom stereocenters. The van der Waals surface area contributed by atoms with Gasteiger partial charge >= 0.3 is 0 Å². The lowest BCUT2D eigenvalue weighted by Crippen LogP contribution is -2.27. The minimum absolute atomic E-state index is 0.250. The van der Waals surface area contributed by atoms with Crippen LogP contribution in [0, 0.1) is 0 Å². The van der Waals surface area contributed by atoms with Gasteiger partial charge in [-0.2, -0.15) is 0 Å². The number of carbonyl (C=O) groups excluding carboxylic acids is 2. The number of nitrogen functional groups attached to an aromatic ring is 1. The van der Waals surface area contributed by atoms with Crippen molar-refractivity contribution in [2.45, 2.75) is 13.1 Å². The number of nitrogens with one attached hydrogen (secondary N) is 3. The molecule has 1 heterocycles. The molecule has 5 aromatic rings. The van der Waals surface area contributed by atoms with Crippen LogP contribution in [0.3, 0.4) is 0 Å². The first kappa shape index (κ1) is 26.5. The highest BCUT2D eigenvalue weighted by Crippen LogP contribution is 2.23. The van der Waals surface area contributed by atoms with E-state index in [2.05, 4.69) is 28.1 Å². The molecule has 5 rings (SSSR count). The van der Waals surface area contributed by atoms with Gasteiger partial charge in [-0.25, -0.2) is 0 Å². The smallest absolute Gasteiger partial charge is 0.287 e. The fourth-order valence-corrected chi connectivity index (χ4v) is 4.24. The van der Waals surface area contributed by atoms with Gasteiger partial charge in [-0.3, -0.25) is 9.59 Å². The van der Waals surface area contributed by atoms with Gasteiger partial charge in [0.2, 0.25) is 0 Å². The summed E-state index contributed by atoms with van der Waals surface area (Å²) in [6.45, 7) is 1.91. The molecule has 40 heavy (non-hydrogen) atoms. The molecule has 0 spiro atoms. The van der Waals surface area contributed by atoms with E-state index in [1.807, 2.05) is 36.4 Å². The molecular weight excluding hydrogens is 504 g/mol. The van der Waals surface area contributed by atoms with E-state index in [0.29, 0.717) is 34.8 Å². The third kappa shape index (κ3) is 6.67. The number of furan rings is 1. The number of fused-ring (bicyclic) bond motifs is 1. The Morgan fingerprint density at radius 1 is 0.800 bits per heavy atom. The average molecular weight is 535 g/mol. The maximum Gasteiger partial charge on any atom is 0.287 e. The van der Waals surface area contributed by atoms with Crippen LogP contribution in [0.25, 0.3) is 11.0 Å². The maximum atomic E-state index is 12.7. The summed E-state index contributed by atoms with van der Waals surface area (Å²) in [7, 11) is 0. The third-order valence-electron chi connectivity index (χ3n) is 6.32. The molecule has 0 aliphatic carbocycles. The monoisotopic (exact) mass is 534 g/mol. The van der Waals surface area contributed by atoms with Crippen LogP contribution in [0.2, 0.25) is 0 Å². The molecule has 0 aliphatic rings. The molecule has 2 amide bonds. The maximum absolute atomic E-state index is 12.7. The van der Waals surface area contributed by atoms with Gasteiger partial charge in [0.15, 0.2) is 5.76 Å². The zero-order valence-corrected chi connectivity index (χ0v) is 21.9. The van der Waals surface area contributed by atoms with Crippen molar-refractivity contribution < 1.29 is 18.7 Å². The lowest BCUT2D eigenvalue weighted by atomic mass is 10.1. The highest BCUT2D eigenvalue weighted by molar-refractivity contribution is 6.05. The summed E-state index contributed by atoms with van der Waals surface area (Å²) >= 11 is 0. The topological polar surface area (TPSA) is 119 Å². The van der Waals surface area contributed by atoms with Gasteiger partial charge in [0.05, 0.1) is 17.9 Å². The Labute approximate surface area is 232 Å². The van der Waals surface area contributed by atoms with Crippen molar-refractivity contribution in [2.75, 3.05) is 24.2 Å². The zero-order valence-electron chi connectivity index (χ0n) is 21.9. The van der Waals surface area contributed by atoms with E-state index in [0.717, 1.165) is 17.5 Å². The molecule has 0 saturated carbocycles. The van der Waals surface area contributed by atoms with Gasteiger partial charge in [-0.15, -0.1) is 0 Å². The first-order valence-electron chi connectivity index (χ1n) is 13.0. The van der Waals surface area contributed by atoms with E-state index < -0.39 is 0 Å². The number of benzene rings is 4. The second kappa shape index (κ2) is 12.6. The molecule has 0 unspecified atom stereocenters. The summed E-state index contributed by atoms with van der Waals surface area (Å²) in [6, 6.07) is 31.6. The quantitative estimate of drug-likeness (QED) is 0.134. The third-order valence-corrected chi connectivity index (χ3v) is 6.32. The summed E-state index contributed by atoms with van der Waals surface area (Å²) in [6.07, 6.45) is 0. The lowest BCUT2D eigenvalue weighted by molar-refractivity contribution is 0.0920. The molecule has 202 valence electrons. The fraction of sp³-hybridized carbons (Fsp3) is 0.125. The second-order valence-electron chi connectivity index (χ2n) is 9.21. The standard InChI is InChI=1S/C32H30N4O4/c33-27-11-4-5-12-28(27)36-31(37)23-13-15-26(16-14-23)39-18-17-35-32(38)29-19-24-9-6-10-25(30(24)40-29)21-34-20-22-7-2-1-3-8-22/h1-16,19,34H,17-18,20-21,33H2,(H,35,38)(H,36,37). The number of anilines is 2. The Hall–Kier alpha value is -5.08. The SMILES string of the molecule is Nc1ccccc1NC(=O)c1ccc(OCCNC(=O)c2cc3cccc(CNCc4ccccc4)c3o2)cc1. The van der Waals surface area contributed by atoms with Crippen LogP contribution < -0.4 is 26.4 Å². The van der Waals surface area contributed by atoms with Crippen LogP contribution in [0.1, 0.15) is 32.0 Å². The summed E-state index contributed by atoms with van der Waals surface area (Å²) in [5.74, 6) is 0.259. The van der Waals surface area contributed by atoms with Crippen LogP contribution >= 0.6 is 0 Å². The molecule has 4 aromatic carbocycles. The predicted octanol–water partition coefficient (Wildman–Crippen LogP) is 5.37. The minimum Gasteiger partial charge on any atom is -0.492 e. The number of ether oxygens (including phenoxy) is 1. The summed E-state index contributed by atoms with van der Waals surface area (Å²) in [5, 5.41) is 9.92. The fourth-order valence-electron chi connectivity index (χ4n) is 4.24. The molecular formula is C32H30N4O4. The van der Waals surface area contributed by atoms with E-state index in [4.69, 9.17) is 14.9 Å². The van der Waals surface area contributed by atoms with Crippen molar-refractivity contribution in [2.24, 2.45) is 0 Å². The lowest BCUT2D eigenvalue weighted by Gasteiger charge is -2.09. The van der Waals surface area contributed by atoms with Crippen LogP contribution in [-0.2, 0) is 13.1 Å². The molecule has 8 heteroatoms. The number of hydrogen-bond acceptors (Lipinski definition) is 6. The van der Waals surface area contributed by atoms with Crippen molar-refractivity contribution in [3.05, 3.63) is 126 Å². The van der Waals surface area contributed by atoms with Gasteiger partial charge in [-0.1, -0.05) is 60.7 Å². The first-order chi connectivity index (χ1) is 19.6. The largest absolute Gasteiger partial charge is 0.492 e. The molecule has 0 radical (unpaired) electrons. The van der Waals surface area contributed by atoms with Crippen molar-refractivity contribution in [3.63, 3.8) is 0 Å². The van der Waals surface area contributed by atoms with Gasteiger partial charge in [0.1, 0.15) is 17.9 Å². The Morgan fingerprint density at radius 2 is 1.57 bits per heavy atom. The minimum atomic E-state index is -0.310. The average Bonchev–Trinajstić information content (AvgIpc) is 3.43. The van der Waals surface area contributed by atoms with Gasteiger partial charge < -0.3 is 30.8 Å². The normalized spacial score (nSPS) is 10.8. The number of amides is 2. The van der Waals surface area contributed by atoms with E-state index >= 15 is 0 Å². The van der Waals surface area contributed by atoms with E-state index in [1.54, 1.807) is 54.6 Å². The predicted molar refractivity (Wildman–Crippen MR) is 156 cm³/mol. The molecule has 0 aliphatic heterocycles. The number of hydrogen-bond donors (Lipinski definition) is 4. The van der Waals surface area contributed by atoms with Crippen LogP contribution in [0.15, 0.2) is 108 Å². The molecule has 1 aromatic heterocycles. The Kier molecular flexibility index (Phi) is 8.38. The first-order valence-corrected chi connectivity index (χ1v) is 13.0. The van der Waals surface area contributed by atoms with E-state index in [9.17, 15) is 9.59 Å². The highest BCUT2D eigenvalue weighted by Gasteiger charge is 2.14. The second-order valence-corrected chi connectivity index (χ2v) is 9.21. The number of carbonyl (C=O) groups is 2. The van der Waals surface area contributed by atoms with Crippen LogP contribution in [0.5, 0.6) is 5.75 Å². The van der Waals surface area contributed by atoms with Crippen LogP contribution in [-0.4, -0.2) is 25.0 Å². The summed E-state index contributed by atoms with van der Waals surface area (Å²) in [4.78, 5) is 25.2. The van der Waals surface area contributed by atoms with Crippen LogP contribution in [0.4, 0.5) is 11.4 Å². The van der Waals surface area contributed by atoms with Gasteiger partial charge in [0.25, 0.3) is 11.8 Å². The molecule has 0 saturated heterocycles. The summed E-state index contributed by atoms with van der Waals surface area (Å²) < 4.78 is 11.6. The molecule has 5 N–H and O–H groups in total. The summed E-state index contributed by atoms with van der Waals surface area (Å²) in [5.41, 5.74) is 10.3. The Balaban J connectivity index is 1.09. The number of rotatable bonds is 11. The highest BCUT2D eigenvalue weighted by atomic mass is 16.5. The van der Waals surface area contributed by atoms with E-state index in [-0.39, 0.29) is 30.7 Å². The van der Waals surface area contributed by atoms with Crippen molar-refractivity contribution in [1.29, 1.82) is 0 Å². The van der Waals surface area contributed by atoms with Gasteiger partial charge in [0, 0.05) is 29.6 Å². The molecule has 8 nitrogen and oxygen atoms in total. The molecule has 0 fully saturated rings. The van der Waals surface area contributed by atoms with Crippen molar-refractivity contribution in [3.8, 4) is 5.75 Å².